The lowest BCUT2D eigenvalue weighted by Crippen LogP contribution is -2.02. The Kier molecular flexibility index (Phi) is 8.24. The Balaban J connectivity index is 1.02. The van der Waals surface area contributed by atoms with E-state index in [4.69, 9.17) is 55.9 Å². The van der Waals surface area contributed by atoms with E-state index in [0.29, 0.717) is 54.4 Å². The molecule has 0 unspecified atom stereocenters. The summed E-state index contributed by atoms with van der Waals surface area (Å²) in [5, 5.41) is 29.9. The summed E-state index contributed by atoms with van der Waals surface area (Å²) in [6.45, 7) is 0.538. The van der Waals surface area contributed by atoms with Crippen molar-refractivity contribution >= 4 is 79.0 Å². The van der Waals surface area contributed by atoms with Crippen LogP contribution in [-0.4, -0.2) is 39.6 Å². The summed E-state index contributed by atoms with van der Waals surface area (Å²) in [6, 6.07) is 10.2. The van der Waals surface area contributed by atoms with Gasteiger partial charge in [-0.1, -0.05) is 69.1 Å². The zero-order valence-electron chi connectivity index (χ0n) is 20.4. The maximum Gasteiger partial charge on any atom is 0.234 e. The summed E-state index contributed by atoms with van der Waals surface area (Å²) >= 11 is 27.1. The second-order valence-electron chi connectivity index (χ2n) is 8.55. The van der Waals surface area contributed by atoms with Gasteiger partial charge in [-0.3, -0.25) is 0 Å². The van der Waals surface area contributed by atoms with Gasteiger partial charge in [-0.15, -0.1) is 20.4 Å². The molecular formula is C24H18Cl4N8O2S2. The van der Waals surface area contributed by atoms with Crippen LogP contribution >= 0.6 is 69.1 Å². The van der Waals surface area contributed by atoms with Gasteiger partial charge in [0.1, 0.15) is 24.7 Å². The Morgan fingerprint density at radius 1 is 0.625 bits per heavy atom. The fraction of sp³-hybridized carbons (Fsp3) is 0.250. The summed E-state index contributed by atoms with van der Waals surface area (Å²) in [5.74, 6) is 2.68. The molecule has 0 aliphatic rings. The van der Waals surface area contributed by atoms with Crippen molar-refractivity contribution in [2.75, 3.05) is 0 Å². The minimum atomic E-state index is 0.269. The van der Waals surface area contributed by atoms with Gasteiger partial charge >= 0.3 is 0 Å². The molecule has 0 atom stereocenters. The van der Waals surface area contributed by atoms with Crippen molar-refractivity contribution in [3.05, 3.63) is 78.2 Å². The number of unbranched alkanes of at least 4 members (excludes halogenated alkanes) is 1. The van der Waals surface area contributed by atoms with Crippen molar-refractivity contribution in [1.82, 2.24) is 39.6 Å². The molecule has 40 heavy (non-hydrogen) atoms. The number of aryl methyl sites for hydroxylation is 2. The van der Waals surface area contributed by atoms with Gasteiger partial charge in [0.2, 0.25) is 9.92 Å². The topological polar surface area (TPSA) is 105 Å². The van der Waals surface area contributed by atoms with Gasteiger partial charge in [-0.05, 0) is 49.2 Å². The van der Waals surface area contributed by atoms with Crippen molar-refractivity contribution in [2.24, 2.45) is 0 Å². The molecule has 206 valence electrons. The van der Waals surface area contributed by atoms with Crippen molar-refractivity contribution in [2.45, 2.75) is 38.9 Å². The van der Waals surface area contributed by atoms with Gasteiger partial charge in [0, 0.05) is 22.9 Å². The lowest BCUT2D eigenvalue weighted by Gasteiger charge is -2.06. The summed E-state index contributed by atoms with van der Waals surface area (Å²) in [6.07, 6.45) is 3.17. The van der Waals surface area contributed by atoms with E-state index in [1.165, 1.54) is 22.7 Å². The normalized spacial score (nSPS) is 11.6. The van der Waals surface area contributed by atoms with E-state index < -0.39 is 0 Å². The minimum Gasteiger partial charge on any atom is -0.485 e. The van der Waals surface area contributed by atoms with Crippen molar-refractivity contribution < 1.29 is 9.47 Å². The third-order valence-electron chi connectivity index (χ3n) is 5.74. The van der Waals surface area contributed by atoms with E-state index in [2.05, 4.69) is 30.6 Å². The zero-order chi connectivity index (χ0) is 27.6. The number of rotatable bonds is 11. The van der Waals surface area contributed by atoms with Crippen LogP contribution in [0.4, 0.5) is 0 Å². The van der Waals surface area contributed by atoms with Gasteiger partial charge in [0.25, 0.3) is 0 Å². The van der Waals surface area contributed by atoms with Crippen LogP contribution in [0.25, 0.3) is 9.92 Å². The maximum absolute atomic E-state index is 6.19. The molecule has 6 aromatic rings. The Bertz CT molecular complexity index is 1670. The number of hydrogen-bond donors (Lipinski definition) is 0. The van der Waals surface area contributed by atoms with Crippen LogP contribution in [0.5, 0.6) is 11.5 Å². The minimum absolute atomic E-state index is 0.269. The Morgan fingerprint density at radius 2 is 1.07 bits per heavy atom. The van der Waals surface area contributed by atoms with Gasteiger partial charge in [0.15, 0.2) is 21.7 Å². The molecule has 0 aliphatic carbocycles. The molecule has 0 aliphatic heterocycles. The maximum atomic E-state index is 6.19. The van der Waals surface area contributed by atoms with Gasteiger partial charge in [0.05, 0.1) is 10.0 Å². The quantitative estimate of drug-likeness (QED) is 0.137. The number of halogens is 4. The van der Waals surface area contributed by atoms with E-state index in [9.17, 15) is 0 Å². The summed E-state index contributed by atoms with van der Waals surface area (Å²) in [4.78, 5) is 1.43. The van der Waals surface area contributed by atoms with Gasteiger partial charge in [-0.25, -0.2) is 0 Å². The van der Waals surface area contributed by atoms with Crippen LogP contribution < -0.4 is 9.47 Å². The fourth-order valence-electron chi connectivity index (χ4n) is 3.85. The highest BCUT2D eigenvalue weighted by atomic mass is 35.5. The first-order valence-corrected chi connectivity index (χ1v) is 15.1. The molecule has 0 bridgehead atoms. The molecule has 0 saturated heterocycles. The average molecular weight is 656 g/mol. The second-order valence-corrected chi connectivity index (χ2v) is 12.3. The number of benzene rings is 2. The van der Waals surface area contributed by atoms with E-state index in [1.807, 2.05) is 0 Å². The highest BCUT2D eigenvalue weighted by Crippen LogP contribution is 2.30. The van der Waals surface area contributed by atoms with Crippen LogP contribution in [0.3, 0.4) is 0 Å². The SMILES string of the molecule is Clc1ccc(OCc2nn3c(CCCCc4nnc5sc(COc6ccc(Cl)cc6Cl)nn45)nnc3s2)c(Cl)c1. The van der Waals surface area contributed by atoms with Gasteiger partial charge in [-0.2, -0.15) is 19.2 Å². The Labute approximate surface area is 255 Å². The molecule has 0 radical (unpaired) electrons. The number of aromatic nitrogens is 8. The number of nitrogens with zero attached hydrogens (tertiary/aromatic N) is 8. The molecule has 0 spiro atoms. The third-order valence-corrected chi connectivity index (χ3v) is 8.54. The van der Waals surface area contributed by atoms with E-state index in [0.717, 1.165) is 34.5 Å². The highest BCUT2D eigenvalue weighted by Gasteiger charge is 2.15. The van der Waals surface area contributed by atoms with Crippen molar-refractivity contribution in [1.29, 1.82) is 0 Å². The van der Waals surface area contributed by atoms with Crippen LogP contribution in [-0.2, 0) is 26.1 Å². The van der Waals surface area contributed by atoms with E-state index >= 15 is 0 Å². The molecule has 2 aromatic carbocycles. The monoisotopic (exact) mass is 654 g/mol. The van der Waals surface area contributed by atoms with Crippen LogP contribution in [0.1, 0.15) is 34.5 Å². The first kappa shape index (κ1) is 27.4. The zero-order valence-corrected chi connectivity index (χ0v) is 25.1. The van der Waals surface area contributed by atoms with Gasteiger partial charge < -0.3 is 9.47 Å². The Morgan fingerprint density at radius 3 is 1.50 bits per heavy atom. The second kappa shape index (κ2) is 12.0. The smallest absolute Gasteiger partial charge is 0.234 e. The van der Waals surface area contributed by atoms with Crippen molar-refractivity contribution in [3.8, 4) is 11.5 Å². The van der Waals surface area contributed by atoms with E-state index in [1.54, 1.807) is 45.4 Å². The number of ether oxygens (including phenoxy) is 2. The predicted molar refractivity (Wildman–Crippen MR) is 156 cm³/mol. The average Bonchev–Trinajstić information content (AvgIpc) is 3.68. The molecule has 10 nitrogen and oxygen atoms in total. The Hall–Kier alpha value is -2.74. The molecule has 0 saturated carbocycles. The lowest BCUT2D eigenvalue weighted by atomic mass is 10.2. The summed E-state index contributed by atoms with van der Waals surface area (Å²) < 4.78 is 15.1. The van der Waals surface area contributed by atoms with Crippen LogP contribution in [0, 0.1) is 0 Å². The standard InChI is InChI=1S/C24H18Cl4N8O2S2/c25-13-5-7-17(15(27)9-13)37-11-21-33-35-19(29-31-23(35)39-21)3-1-2-4-20-30-32-24-36(20)34-22(40-24)12-38-18-8-6-14(26)10-16(18)28/h5-10H,1-4,11-12H2. The van der Waals surface area contributed by atoms with E-state index in [-0.39, 0.29) is 13.2 Å². The number of fused-ring (bicyclic) bond motifs is 2. The van der Waals surface area contributed by atoms with Crippen LogP contribution in [0.15, 0.2) is 36.4 Å². The molecule has 0 amide bonds. The first-order chi connectivity index (χ1) is 19.4. The summed E-state index contributed by atoms with van der Waals surface area (Å²) in [5.41, 5.74) is 0. The third kappa shape index (κ3) is 6.12. The summed E-state index contributed by atoms with van der Waals surface area (Å²) in [7, 11) is 0. The first-order valence-electron chi connectivity index (χ1n) is 12.0. The molecule has 6 rings (SSSR count). The van der Waals surface area contributed by atoms with Crippen LogP contribution in [0.2, 0.25) is 20.1 Å². The molecular weight excluding hydrogens is 638 g/mol. The molecule has 4 heterocycles. The molecule has 16 heteroatoms. The number of hydrogen-bond acceptors (Lipinski definition) is 10. The highest BCUT2D eigenvalue weighted by molar-refractivity contribution is 7.16. The molecule has 0 fully saturated rings. The lowest BCUT2D eigenvalue weighted by molar-refractivity contribution is 0.304. The molecule has 0 N–H and O–H groups in total. The van der Waals surface area contributed by atoms with Crippen molar-refractivity contribution in [3.63, 3.8) is 0 Å². The molecule has 4 aromatic heterocycles. The predicted octanol–water partition coefficient (Wildman–Crippen LogP) is 7.02. The fourth-order valence-corrected chi connectivity index (χ4v) is 6.31. The largest absolute Gasteiger partial charge is 0.485 e.